The molecular weight excluding hydrogens is 613 g/mol. The van der Waals surface area contributed by atoms with Gasteiger partial charge in [-0.1, -0.05) is 13.8 Å². The number of carbonyl (C=O) groups excluding carboxylic acids is 3. The molecule has 0 radical (unpaired) electrons. The number of carbonyl (C=O) groups is 4. The van der Waals surface area contributed by atoms with Gasteiger partial charge in [-0.15, -0.1) is 11.3 Å². The van der Waals surface area contributed by atoms with Gasteiger partial charge in [0.25, 0.3) is 5.91 Å². The summed E-state index contributed by atoms with van der Waals surface area (Å²) in [6.45, 7) is 9.95. The molecular formula is C30H29F3N6O5S. The molecule has 1 saturated carbocycles. The molecule has 5 heterocycles. The fraction of sp³-hybridized carbons (Fsp3) is 0.433. The summed E-state index contributed by atoms with van der Waals surface area (Å²) in [4.78, 5) is 61.5. The quantitative estimate of drug-likeness (QED) is 0.405. The standard InChI is InChI=1S/C28H28N6O3S.C2HF3O2/c1-14-12-30-7-8-33(14)25(35)21-15(2)32-16(11-29)9-19(21)18-5-6-31-20-10-17(38-24(18)20)13-34-26(36)22-23(27(34)37)28(22,3)4;3-2(4,5)1(6)7/h5-6,9-10,14,22-23,30H,7-8,12-13H2,1-4H3;(H,6,7). The zero-order valence-electron chi connectivity index (χ0n) is 24.7. The molecule has 0 spiro atoms. The number of amides is 3. The summed E-state index contributed by atoms with van der Waals surface area (Å²) in [5.74, 6) is -3.51. The fourth-order valence-electron chi connectivity index (χ4n) is 6.09. The zero-order chi connectivity index (χ0) is 33.0. The minimum atomic E-state index is -5.08. The van der Waals surface area contributed by atoms with Gasteiger partial charge in [0.15, 0.2) is 0 Å². The van der Waals surface area contributed by atoms with Gasteiger partial charge in [0, 0.05) is 47.9 Å². The second-order valence-electron chi connectivity index (χ2n) is 11.8. The predicted molar refractivity (Wildman–Crippen MR) is 156 cm³/mol. The molecule has 3 aromatic rings. The van der Waals surface area contributed by atoms with Crippen molar-refractivity contribution in [3.63, 3.8) is 0 Å². The van der Waals surface area contributed by atoms with Crippen LogP contribution in [0.1, 0.15) is 47.4 Å². The Morgan fingerprint density at radius 3 is 2.42 bits per heavy atom. The van der Waals surface area contributed by atoms with E-state index in [2.05, 4.69) is 21.4 Å². The first-order valence-corrected chi connectivity index (χ1v) is 14.9. The number of piperidine rings is 1. The van der Waals surface area contributed by atoms with Crippen LogP contribution in [-0.4, -0.2) is 80.4 Å². The molecule has 3 amide bonds. The van der Waals surface area contributed by atoms with E-state index < -0.39 is 12.1 Å². The van der Waals surface area contributed by atoms with E-state index in [1.165, 1.54) is 16.2 Å². The summed E-state index contributed by atoms with van der Waals surface area (Å²) in [6.07, 6.45) is -3.40. The molecule has 3 atom stereocenters. The molecule has 6 rings (SSSR count). The zero-order valence-corrected chi connectivity index (χ0v) is 25.5. The maximum absolute atomic E-state index is 13.8. The average molecular weight is 643 g/mol. The number of rotatable bonds is 4. The average Bonchev–Trinajstić information content (AvgIpc) is 3.21. The van der Waals surface area contributed by atoms with E-state index in [-0.39, 0.29) is 53.3 Å². The van der Waals surface area contributed by atoms with Crippen molar-refractivity contribution in [1.82, 2.24) is 25.1 Å². The van der Waals surface area contributed by atoms with E-state index in [1.54, 1.807) is 19.2 Å². The third-order valence-electron chi connectivity index (χ3n) is 8.49. The van der Waals surface area contributed by atoms with Crippen molar-refractivity contribution in [2.75, 3.05) is 19.6 Å². The van der Waals surface area contributed by atoms with E-state index in [4.69, 9.17) is 9.90 Å². The van der Waals surface area contributed by atoms with Crippen LogP contribution in [-0.2, 0) is 20.9 Å². The molecule has 3 fully saturated rings. The number of piperazine rings is 1. The van der Waals surface area contributed by atoms with Gasteiger partial charge in [-0.05, 0) is 37.5 Å². The topological polar surface area (TPSA) is 157 Å². The summed E-state index contributed by atoms with van der Waals surface area (Å²) >= 11 is 1.45. The van der Waals surface area contributed by atoms with Crippen molar-refractivity contribution >= 4 is 45.2 Å². The number of nitrogens with one attached hydrogen (secondary N) is 1. The third-order valence-corrected chi connectivity index (χ3v) is 9.63. The maximum atomic E-state index is 13.8. The molecule has 2 saturated heterocycles. The number of fused-ring (bicyclic) bond motifs is 2. The highest BCUT2D eigenvalue weighted by Gasteiger charge is 2.72. The van der Waals surface area contributed by atoms with Crippen LogP contribution in [0.2, 0.25) is 0 Å². The summed E-state index contributed by atoms with van der Waals surface area (Å²) in [6, 6.07) is 7.56. The Hall–Kier alpha value is -4.42. The first kappa shape index (κ1) is 32.0. The Labute approximate surface area is 259 Å². The number of hydrogen-bond donors (Lipinski definition) is 2. The van der Waals surface area contributed by atoms with Crippen molar-refractivity contribution in [3.8, 4) is 17.2 Å². The number of nitrogens with zero attached hydrogens (tertiary/aromatic N) is 5. The van der Waals surface area contributed by atoms with E-state index in [1.807, 2.05) is 37.8 Å². The number of hydrogen-bond acceptors (Lipinski definition) is 9. The Bertz CT molecular complexity index is 1760. The second kappa shape index (κ2) is 11.5. The van der Waals surface area contributed by atoms with E-state index in [0.29, 0.717) is 35.4 Å². The van der Waals surface area contributed by atoms with Crippen LogP contribution in [0.4, 0.5) is 13.2 Å². The van der Waals surface area contributed by atoms with Crippen molar-refractivity contribution < 1.29 is 37.5 Å². The largest absolute Gasteiger partial charge is 0.490 e. The summed E-state index contributed by atoms with van der Waals surface area (Å²) < 4.78 is 32.6. The molecule has 15 heteroatoms. The number of nitriles is 1. The van der Waals surface area contributed by atoms with Gasteiger partial charge >= 0.3 is 12.1 Å². The lowest BCUT2D eigenvalue weighted by molar-refractivity contribution is -0.192. The molecule has 2 aliphatic heterocycles. The van der Waals surface area contributed by atoms with Crippen LogP contribution in [0.3, 0.4) is 0 Å². The minimum Gasteiger partial charge on any atom is -0.475 e. The number of carboxylic acid groups (broad SMARTS) is 1. The van der Waals surface area contributed by atoms with Gasteiger partial charge in [-0.25, -0.2) is 9.78 Å². The molecule has 1 aliphatic carbocycles. The van der Waals surface area contributed by atoms with Crippen LogP contribution >= 0.6 is 11.3 Å². The Morgan fingerprint density at radius 1 is 1.20 bits per heavy atom. The number of carboxylic acids is 1. The van der Waals surface area contributed by atoms with E-state index in [9.17, 15) is 32.8 Å². The van der Waals surface area contributed by atoms with Crippen LogP contribution in [0.5, 0.6) is 0 Å². The normalized spacial score (nSPS) is 22.0. The highest BCUT2D eigenvalue weighted by molar-refractivity contribution is 7.19. The highest BCUT2D eigenvalue weighted by Crippen LogP contribution is 2.63. The molecule has 45 heavy (non-hydrogen) atoms. The molecule has 3 aliphatic rings. The molecule has 0 aromatic carbocycles. The van der Waals surface area contributed by atoms with Gasteiger partial charge < -0.3 is 15.3 Å². The summed E-state index contributed by atoms with van der Waals surface area (Å²) in [7, 11) is 0. The number of alkyl halides is 3. The number of aryl methyl sites for hydroxylation is 1. The highest BCUT2D eigenvalue weighted by atomic mass is 32.1. The summed E-state index contributed by atoms with van der Waals surface area (Å²) in [5.41, 5.74) is 3.11. The number of aromatic nitrogens is 2. The number of thiophene rings is 1. The number of aliphatic carboxylic acids is 1. The fourth-order valence-corrected chi connectivity index (χ4v) is 7.22. The van der Waals surface area contributed by atoms with Gasteiger partial charge in [0.1, 0.15) is 11.8 Å². The predicted octanol–water partition coefficient (Wildman–Crippen LogP) is 3.75. The molecule has 236 valence electrons. The number of likely N-dealkylation sites (tertiary alicyclic amines) is 1. The van der Waals surface area contributed by atoms with E-state index >= 15 is 0 Å². The minimum absolute atomic E-state index is 0.0247. The van der Waals surface area contributed by atoms with Gasteiger partial charge in [-0.2, -0.15) is 18.4 Å². The van der Waals surface area contributed by atoms with E-state index in [0.717, 1.165) is 21.7 Å². The number of halogens is 3. The van der Waals surface area contributed by atoms with Crippen LogP contribution in [0.25, 0.3) is 21.3 Å². The molecule has 3 aromatic heterocycles. The SMILES string of the molecule is Cc1nc(C#N)cc(-c2ccnc3cc(CN4C(=O)C5C(C4=O)C5(C)C)sc23)c1C(=O)N1CCNCC1C.O=C(O)C(F)(F)F. The number of pyridine rings is 2. The van der Waals surface area contributed by atoms with Crippen molar-refractivity contribution in [2.45, 2.75) is 46.5 Å². The molecule has 0 bridgehead atoms. The Kier molecular flexibility index (Phi) is 8.17. The van der Waals surface area contributed by atoms with Crippen LogP contribution in [0, 0.1) is 35.5 Å². The van der Waals surface area contributed by atoms with Crippen molar-refractivity contribution in [2.24, 2.45) is 17.3 Å². The maximum Gasteiger partial charge on any atom is 0.490 e. The lowest BCUT2D eigenvalue weighted by Crippen LogP contribution is -2.52. The Morgan fingerprint density at radius 2 is 1.84 bits per heavy atom. The van der Waals surface area contributed by atoms with Crippen LogP contribution in [0.15, 0.2) is 24.4 Å². The van der Waals surface area contributed by atoms with Crippen LogP contribution < -0.4 is 5.32 Å². The Balaban J connectivity index is 0.000000515. The van der Waals surface area contributed by atoms with Crippen molar-refractivity contribution in [3.05, 3.63) is 46.2 Å². The third kappa shape index (κ3) is 5.75. The lowest BCUT2D eigenvalue weighted by atomic mass is 9.96. The monoisotopic (exact) mass is 642 g/mol. The second-order valence-corrected chi connectivity index (χ2v) is 12.9. The van der Waals surface area contributed by atoms with Gasteiger partial charge in [-0.3, -0.25) is 24.3 Å². The first-order chi connectivity index (χ1) is 21.1. The van der Waals surface area contributed by atoms with Gasteiger partial charge in [0.05, 0.1) is 39.9 Å². The molecule has 2 N–H and O–H groups in total. The molecule has 11 nitrogen and oxygen atoms in total. The lowest BCUT2D eigenvalue weighted by Gasteiger charge is -2.34. The molecule has 3 unspecified atom stereocenters. The van der Waals surface area contributed by atoms with Gasteiger partial charge in [0.2, 0.25) is 11.8 Å². The first-order valence-electron chi connectivity index (χ1n) is 14.0. The summed E-state index contributed by atoms with van der Waals surface area (Å²) in [5, 5.41) is 20.1. The number of imide groups is 1. The smallest absolute Gasteiger partial charge is 0.475 e. The van der Waals surface area contributed by atoms with Crippen molar-refractivity contribution in [1.29, 1.82) is 5.26 Å².